The summed E-state index contributed by atoms with van der Waals surface area (Å²) in [5.41, 5.74) is 1.91. The van der Waals surface area contributed by atoms with E-state index in [4.69, 9.17) is 4.74 Å². The van der Waals surface area contributed by atoms with Gasteiger partial charge in [-0.1, -0.05) is 25.1 Å². The monoisotopic (exact) mass is 452 g/mol. The minimum Gasteiger partial charge on any atom is -0.493 e. The number of piperazine rings is 1. The first-order chi connectivity index (χ1) is 15.5. The lowest BCUT2D eigenvalue weighted by Crippen LogP contribution is -2.47. The molecular weight excluding hydrogens is 428 g/mol. The third-order valence-corrected chi connectivity index (χ3v) is 6.30. The van der Waals surface area contributed by atoms with Gasteiger partial charge in [-0.05, 0) is 42.5 Å². The van der Waals surface area contributed by atoms with Crippen LogP contribution in [0.4, 0.5) is 11.4 Å². The van der Waals surface area contributed by atoms with Gasteiger partial charge in [0.05, 0.1) is 16.4 Å². The SMILES string of the molecule is CCCOc1ccccc1/C=C1/SC(N2CCN(c3ccc([N+](=O)[O-])cc3)CC2)=NC1=O. The zero-order valence-corrected chi connectivity index (χ0v) is 18.6. The Hall–Kier alpha value is -3.33. The number of amides is 1. The smallest absolute Gasteiger partial charge is 0.286 e. The van der Waals surface area contributed by atoms with Gasteiger partial charge < -0.3 is 14.5 Å². The van der Waals surface area contributed by atoms with E-state index in [1.54, 1.807) is 12.1 Å². The fourth-order valence-corrected chi connectivity index (χ4v) is 4.51. The topological polar surface area (TPSA) is 88.3 Å². The molecule has 2 aliphatic heterocycles. The molecule has 0 aliphatic carbocycles. The summed E-state index contributed by atoms with van der Waals surface area (Å²) in [6.45, 7) is 5.62. The predicted octanol–water partition coefficient (Wildman–Crippen LogP) is 4.18. The van der Waals surface area contributed by atoms with Gasteiger partial charge in [-0.3, -0.25) is 14.9 Å². The van der Waals surface area contributed by atoms with E-state index in [2.05, 4.69) is 21.7 Å². The van der Waals surface area contributed by atoms with Crippen molar-refractivity contribution < 1.29 is 14.5 Å². The first-order valence-corrected chi connectivity index (χ1v) is 11.4. The molecule has 9 heteroatoms. The first kappa shape index (κ1) is 21.9. The van der Waals surface area contributed by atoms with E-state index in [-0.39, 0.29) is 11.6 Å². The van der Waals surface area contributed by atoms with Crippen molar-refractivity contribution in [1.82, 2.24) is 4.90 Å². The molecule has 4 rings (SSSR count). The second-order valence-electron chi connectivity index (χ2n) is 7.44. The van der Waals surface area contributed by atoms with Gasteiger partial charge in [0.25, 0.3) is 11.6 Å². The number of ether oxygens (including phenoxy) is 1. The molecule has 0 N–H and O–H groups in total. The van der Waals surface area contributed by atoms with Gasteiger partial charge in [-0.2, -0.15) is 4.99 Å². The zero-order chi connectivity index (χ0) is 22.5. The molecule has 0 atom stereocenters. The number of nitro benzene ring substituents is 1. The number of nitrogens with zero attached hydrogens (tertiary/aromatic N) is 4. The Morgan fingerprint density at radius 3 is 2.47 bits per heavy atom. The number of carbonyl (C=O) groups is 1. The number of carbonyl (C=O) groups excluding carboxylic acids is 1. The Morgan fingerprint density at radius 2 is 1.78 bits per heavy atom. The lowest BCUT2D eigenvalue weighted by atomic mass is 10.2. The highest BCUT2D eigenvalue weighted by molar-refractivity contribution is 8.18. The van der Waals surface area contributed by atoms with E-state index in [9.17, 15) is 14.9 Å². The maximum absolute atomic E-state index is 12.5. The number of nitro groups is 1. The van der Waals surface area contributed by atoms with Crippen LogP contribution in [0.5, 0.6) is 5.75 Å². The fraction of sp³-hybridized carbons (Fsp3) is 0.304. The average Bonchev–Trinajstić information content (AvgIpc) is 3.19. The summed E-state index contributed by atoms with van der Waals surface area (Å²) in [5, 5.41) is 11.6. The van der Waals surface area contributed by atoms with Crippen molar-refractivity contribution in [3.63, 3.8) is 0 Å². The summed E-state index contributed by atoms with van der Waals surface area (Å²) in [6, 6.07) is 14.3. The summed E-state index contributed by atoms with van der Waals surface area (Å²) in [5.74, 6) is 0.536. The number of hydrogen-bond acceptors (Lipinski definition) is 7. The van der Waals surface area contributed by atoms with Crippen LogP contribution >= 0.6 is 11.8 Å². The van der Waals surface area contributed by atoms with Crippen LogP contribution in [-0.4, -0.2) is 53.7 Å². The number of thioether (sulfide) groups is 1. The maximum atomic E-state index is 12.5. The van der Waals surface area contributed by atoms with Crippen LogP contribution in [0.1, 0.15) is 18.9 Å². The Bertz CT molecular complexity index is 1060. The zero-order valence-electron chi connectivity index (χ0n) is 17.8. The molecule has 8 nitrogen and oxygen atoms in total. The standard InChI is InChI=1S/C23H24N4O4S/c1-2-15-31-20-6-4-3-5-17(20)16-21-22(28)24-23(32-21)26-13-11-25(12-14-26)18-7-9-19(10-8-18)27(29)30/h3-10,16H,2,11-15H2,1H3/b21-16+. The molecular formula is C23H24N4O4S. The molecule has 2 aromatic rings. The fourth-order valence-electron chi connectivity index (χ4n) is 3.56. The second-order valence-corrected chi connectivity index (χ2v) is 8.45. The maximum Gasteiger partial charge on any atom is 0.286 e. The van der Waals surface area contributed by atoms with Crippen LogP contribution < -0.4 is 9.64 Å². The number of aliphatic imine (C=N–C) groups is 1. The van der Waals surface area contributed by atoms with Crippen LogP contribution in [0.15, 0.2) is 58.4 Å². The molecule has 2 heterocycles. The third-order valence-electron chi connectivity index (χ3n) is 5.25. The van der Waals surface area contributed by atoms with Gasteiger partial charge in [0.15, 0.2) is 5.17 Å². The Kier molecular flexibility index (Phi) is 6.75. The molecule has 1 amide bonds. The van der Waals surface area contributed by atoms with Gasteiger partial charge in [0.2, 0.25) is 0 Å². The highest BCUT2D eigenvalue weighted by Crippen LogP contribution is 2.33. The Balaban J connectivity index is 1.38. The van der Waals surface area contributed by atoms with Crippen molar-refractivity contribution in [2.45, 2.75) is 13.3 Å². The largest absolute Gasteiger partial charge is 0.493 e. The van der Waals surface area contributed by atoms with Crippen molar-refractivity contribution in [3.05, 3.63) is 69.1 Å². The molecule has 2 aliphatic rings. The number of anilines is 1. The van der Waals surface area contributed by atoms with E-state index in [0.29, 0.717) is 11.5 Å². The number of amidine groups is 1. The van der Waals surface area contributed by atoms with Crippen LogP contribution in [0.25, 0.3) is 6.08 Å². The lowest BCUT2D eigenvalue weighted by molar-refractivity contribution is -0.384. The van der Waals surface area contributed by atoms with Gasteiger partial charge >= 0.3 is 0 Å². The van der Waals surface area contributed by atoms with E-state index >= 15 is 0 Å². The molecule has 0 spiro atoms. The van der Waals surface area contributed by atoms with E-state index in [0.717, 1.165) is 54.8 Å². The summed E-state index contributed by atoms with van der Waals surface area (Å²) >= 11 is 1.39. The summed E-state index contributed by atoms with van der Waals surface area (Å²) < 4.78 is 5.79. The van der Waals surface area contributed by atoms with Gasteiger partial charge in [0, 0.05) is 49.6 Å². The number of rotatable bonds is 6. The number of benzene rings is 2. The lowest BCUT2D eigenvalue weighted by Gasteiger charge is -2.36. The Morgan fingerprint density at radius 1 is 1.09 bits per heavy atom. The second kappa shape index (κ2) is 9.86. The van der Waals surface area contributed by atoms with Gasteiger partial charge in [-0.15, -0.1) is 0 Å². The van der Waals surface area contributed by atoms with Crippen molar-refractivity contribution >= 4 is 40.3 Å². The molecule has 32 heavy (non-hydrogen) atoms. The number of non-ortho nitro benzene ring substituents is 1. The average molecular weight is 453 g/mol. The normalized spacial score (nSPS) is 17.6. The predicted molar refractivity (Wildman–Crippen MR) is 127 cm³/mol. The van der Waals surface area contributed by atoms with E-state index < -0.39 is 4.92 Å². The van der Waals surface area contributed by atoms with E-state index in [1.165, 1.54) is 23.9 Å². The highest BCUT2D eigenvalue weighted by atomic mass is 32.2. The van der Waals surface area contributed by atoms with E-state index in [1.807, 2.05) is 30.3 Å². The molecule has 1 saturated heterocycles. The first-order valence-electron chi connectivity index (χ1n) is 10.5. The number of para-hydroxylation sites is 1. The molecule has 0 radical (unpaired) electrons. The van der Waals surface area contributed by atoms with Crippen molar-refractivity contribution in [2.75, 3.05) is 37.7 Å². The Labute approximate surface area is 190 Å². The van der Waals surface area contributed by atoms with Gasteiger partial charge in [0.1, 0.15) is 5.75 Å². The summed E-state index contributed by atoms with van der Waals surface area (Å²) in [4.78, 5) is 32.1. The molecule has 0 bridgehead atoms. The summed E-state index contributed by atoms with van der Waals surface area (Å²) in [7, 11) is 0. The number of hydrogen-bond donors (Lipinski definition) is 0. The molecule has 166 valence electrons. The highest BCUT2D eigenvalue weighted by Gasteiger charge is 2.29. The molecule has 0 aromatic heterocycles. The minimum absolute atomic E-state index is 0.0867. The van der Waals surface area contributed by atoms with Crippen molar-refractivity contribution in [1.29, 1.82) is 0 Å². The molecule has 0 unspecified atom stereocenters. The molecule has 1 fully saturated rings. The molecule has 0 saturated carbocycles. The van der Waals surface area contributed by atoms with Crippen LogP contribution in [-0.2, 0) is 4.79 Å². The quantitative estimate of drug-likeness (QED) is 0.369. The van der Waals surface area contributed by atoms with Crippen LogP contribution in [0, 0.1) is 10.1 Å². The third kappa shape index (κ3) is 4.94. The van der Waals surface area contributed by atoms with Crippen LogP contribution in [0.3, 0.4) is 0 Å². The van der Waals surface area contributed by atoms with Gasteiger partial charge in [-0.25, -0.2) is 0 Å². The molecule has 2 aromatic carbocycles. The van der Waals surface area contributed by atoms with Crippen molar-refractivity contribution in [3.8, 4) is 5.75 Å². The summed E-state index contributed by atoms with van der Waals surface area (Å²) in [6.07, 6.45) is 2.76. The van der Waals surface area contributed by atoms with Crippen molar-refractivity contribution in [2.24, 2.45) is 4.99 Å². The van der Waals surface area contributed by atoms with Crippen LogP contribution in [0.2, 0.25) is 0 Å². The minimum atomic E-state index is -0.395.